The molecule has 61 heavy (non-hydrogen) atoms. The Bertz CT molecular complexity index is 2990. The van der Waals surface area contributed by atoms with Gasteiger partial charge in [0, 0.05) is 0 Å². The number of benzene rings is 9. The standard InChI is InChI=1S/C60H58Si/c1-7-41(6)42-33-35-47(36-34-42)59(8-2,9-3)61-60(10-4,11-5)48-37-38-55-56(40-48)58(52-32-20-24-44-22-13-15-28-50(44)52)54-30-17-16-29-53(54)57(55)46-26-18-25-45(39-46)51-31-19-23-43-21-12-14-27-49(43)51/h12-41H,7-11H2,1-6H3/q+1. The summed E-state index contributed by atoms with van der Waals surface area (Å²) < 4.78 is 0. The van der Waals surface area contributed by atoms with Crippen molar-refractivity contribution in [2.75, 3.05) is 0 Å². The van der Waals surface area contributed by atoms with Crippen molar-refractivity contribution in [2.45, 2.75) is 89.6 Å². The summed E-state index contributed by atoms with van der Waals surface area (Å²) in [6, 6.07) is 67.1. The number of hydrogen-bond acceptors (Lipinski definition) is 0. The Morgan fingerprint density at radius 2 is 0.869 bits per heavy atom. The lowest BCUT2D eigenvalue weighted by atomic mass is 9.82. The molecule has 301 valence electrons. The average Bonchev–Trinajstić information content (AvgIpc) is 3.33. The molecule has 0 spiro atoms. The van der Waals surface area contributed by atoms with Crippen molar-refractivity contribution >= 4 is 52.6 Å². The largest absolute Gasteiger partial charge is 0.505 e. The van der Waals surface area contributed by atoms with Gasteiger partial charge in [0.2, 0.25) is 0 Å². The van der Waals surface area contributed by atoms with E-state index in [0.29, 0.717) is 5.92 Å². The van der Waals surface area contributed by atoms with Crippen LogP contribution in [0.5, 0.6) is 0 Å². The molecule has 9 aromatic carbocycles. The number of rotatable bonds is 13. The van der Waals surface area contributed by atoms with Crippen molar-refractivity contribution in [2.24, 2.45) is 0 Å². The lowest BCUT2D eigenvalue weighted by Gasteiger charge is -2.31. The van der Waals surface area contributed by atoms with E-state index in [1.807, 2.05) is 0 Å². The third kappa shape index (κ3) is 7.11. The van der Waals surface area contributed by atoms with Crippen LogP contribution in [0.1, 0.15) is 96.3 Å². The summed E-state index contributed by atoms with van der Waals surface area (Å²) in [5.41, 5.74) is 12.1. The average molecular weight is 807 g/mol. The van der Waals surface area contributed by atoms with E-state index in [1.54, 1.807) is 0 Å². The van der Waals surface area contributed by atoms with Gasteiger partial charge in [-0.2, -0.15) is 0 Å². The van der Waals surface area contributed by atoms with E-state index >= 15 is 0 Å². The molecule has 1 unspecified atom stereocenters. The van der Waals surface area contributed by atoms with E-state index in [0.717, 1.165) is 41.6 Å². The lowest BCUT2D eigenvalue weighted by molar-refractivity contribution is 0.486. The summed E-state index contributed by atoms with van der Waals surface area (Å²) in [5, 5.41) is 10.5. The van der Waals surface area contributed by atoms with Crippen LogP contribution in [-0.2, 0) is 10.1 Å². The third-order valence-electron chi connectivity index (χ3n) is 14.4. The summed E-state index contributed by atoms with van der Waals surface area (Å²) in [5.74, 6) is 0.578. The van der Waals surface area contributed by atoms with Gasteiger partial charge in [-0.15, -0.1) is 0 Å². The first-order chi connectivity index (χ1) is 29.9. The monoisotopic (exact) mass is 806 g/mol. The summed E-state index contributed by atoms with van der Waals surface area (Å²) in [4.78, 5) is 0. The van der Waals surface area contributed by atoms with Gasteiger partial charge < -0.3 is 0 Å². The lowest BCUT2D eigenvalue weighted by Crippen LogP contribution is -2.46. The predicted octanol–water partition coefficient (Wildman–Crippen LogP) is 17.2. The summed E-state index contributed by atoms with van der Waals surface area (Å²) in [6.45, 7) is 14.4. The van der Waals surface area contributed by atoms with Gasteiger partial charge in [-0.3, -0.25) is 0 Å². The van der Waals surface area contributed by atoms with Crippen LogP contribution >= 0.6 is 0 Å². The first-order valence-electron chi connectivity index (χ1n) is 22.8. The van der Waals surface area contributed by atoms with E-state index in [9.17, 15) is 0 Å². The van der Waals surface area contributed by atoms with Gasteiger partial charge in [0.1, 0.15) is 10.1 Å². The summed E-state index contributed by atoms with van der Waals surface area (Å²) in [6.07, 6.45) is 5.61. The van der Waals surface area contributed by atoms with Crippen molar-refractivity contribution < 1.29 is 0 Å². The van der Waals surface area contributed by atoms with E-state index in [-0.39, 0.29) is 10.1 Å². The fraction of sp³-hybridized carbons (Fsp3) is 0.233. The Labute approximate surface area is 366 Å². The Kier molecular flexibility index (Phi) is 11.3. The molecular formula is C60H58Si+. The van der Waals surface area contributed by atoms with Crippen LogP contribution in [0.25, 0.3) is 76.5 Å². The molecule has 1 radical (unpaired) electrons. The van der Waals surface area contributed by atoms with Gasteiger partial charge in [-0.25, -0.2) is 0 Å². The highest BCUT2D eigenvalue weighted by Gasteiger charge is 2.56. The SMILES string of the molecule is CCC(C)c1ccc(C(CC)(CC)[Si+]C(CC)(CC)c2ccc3c(-c4cccc(-c5cccc6ccccc56)c4)c4ccccc4c(-c4cccc5ccccc45)c3c2)cc1. The molecule has 9 rings (SSSR count). The number of fused-ring (bicyclic) bond motifs is 4. The summed E-state index contributed by atoms with van der Waals surface area (Å²) >= 11 is 0. The zero-order valence-electron chi connectivity index (χ0n) is 36.9. The van der Waals surface area contributed by atoms with Crippen LogP contribution in [0.15, 0.2) is 176 Å². The van der Waals surface area contributed by atoms with Gasteiger partial charge >= 0.3 is 9.52 Å². The number of hydrogen-bond donors (Lipinski definition) is 0. The fourth-order valence-corrected chi connectivity index (χ4v) is 12.7. The zero-order valence-corrected chi connectivity index (χ0v) is 37.9. The second-order valence-corrected chi connectivity index (χ2v) is 19.5. The zero-order chi connectivity index (χ0) is 42.1. The minimum absolute atomic E-state index is 0.0196. The fourth-order valence-electron chi connectivity index (χ4n) is 10.5. The van der Waals surface area contributed by atoms with Crippen molar-refractivity contribution in [3.63, 3.8) is 0 Å². The quantitative estimate of drug-likeness (QED) is 0.0804. The molecule has 0 nitrogen and oxygen atoms in total. The van der Waals surface area contributed by atoms with Gasteiger partial charge in [-0.1, -0.05) is 205 Å². The Balaban J connectivity index is 1.30. The molecule has 0 fully saturated rings. The molecule has 0 aliphatic heterocycles. The van der Waals surface area contributed by atoms with Crippen molar-refractivity contribution in [1.29, 1.82) is 0 Å². The predicted molar refractivity (Wildman–Crippen MR) is 268 cm³/mol. The van der Waals surface area contributed by atoms with Crippen molar-refractivity contribution in [3.8, 4) is 33.4 Å². The molecule has 1 atom stereocenters. The molecule has 0 saturated carbocycles. The molecule has 0 N–H and O–H groups in total. The second kappa shape index (κ2) is 16.9. The first-order valence-corrected chi connectivity index (χ1v) is 23.8. The van der Waals surface area contributed by atoms with E-state index in [1.165, 1.54) is 93.2 Å². The summed E-state index contributed by atoms with van der Waals surface area (Å²) in [7, 11) is 0.746. The van der Waals surface area contributed by atoms with Gasteiger partial charge in [0.15, 0.2) is 0 Å². The topological polar surface area (TPSA) is 0 Å². The molecular weight excluding hydrogens is 749 g/mol. The molecule has 0 aromatic heterocycles. The van der Waals surface area contributed by atoms with Crippen molar-refractivity contribution in [3.05, 3.63) is 193 Å². The normalized spacial score (nSPS) is 12.7. The molecule has 9 aromatic rings. The third-order valence-corrected chi connectivity index (χ3v) is 17.4. The Hall–Kier alpha value is -5.76. The minimum Gasteiger partial charge on any atom is -0.0648 e. The molecule has 0 aliphatic rings. The minimum atomic E-state index is 0.0196. The maximum Gasteiger partial charge on any atom is 0.505 e. The highest BCUT2D eigenvalue weighted by Crippen LogP contribution is 2.49. The van der Waals surface area contributed by atoms with Gasteiger partial charge in [0.05, 0.1) is 0 Å². The van der Waals surface area contributed by atoms with Crippen molar-refractivity contribution in [1.82, 2.24) is 0 Å². The molecule has 0 aliphatic carbocycles. The van der Waals surface area contributed by atoms with Crippen LogP contribution < -0.4 is 0 Å². The smallest absolute Gasteiger partial charge is 0.0648 e. The van der Waals surface area contributed by atoms with Crippen LogP contribution in [-0.4, -0.2) is 9.52 Å². The molecule has 1 heteroatoms. The van der Waals surface area contributed by atoms with Gasteiger partial charge in [-0.05, 0) is 143 Å². The van der Waals surface area contributed by atoms with Crippen LogP contribution in [0.4, 0.5) is 0 Å². The second-order valence-electron chi connectivity index (χ2n) is 17.3. The molecule has 0 bridgehead atoms. The van der Waals surface area contributed by atoms with Crippen LogP contribution in [0, 0.1) is 0 Å². The van der Waals surface area contributed by atoms with E-state index in [2.05, 4.69) is 217 Å². The maximum absolute atomic E-state index is 2.64. The van der Waals surface area contributed by atoms with Crippen LogP contribution in [0.2, 0.25) is 0 Å². The highest BCUT2D eigenvalue weighted by atomic mass is 28.2. The van der Waals surface area contributed by atoms with E-state index < -0.39 is 0 Å². The highest BCUT2D eigenvalue weighted by molar-refractivity contribution is 6.45. The Morgan fingerprint density at radius 1 is 0.393 bits per heavy atom. The molecule has 0 amide bonds. The Morgan fingerprint density at radius 3 is 1.49 bits per heavy atom. The maximum atomic E-state index is 2.64. The van der Waals surface area contributed by atoms with Crippen LogP contribution in [0.3, 0.4) is 0 Å². The van der Waals surface area contributed by atoms with E-state index in [4.69, 9.17) is 0 Å². The first kappa shape index (κ1) is 40.6. The van der Waals surface area contributed by atoms with Gasteiger partial charge in [0.25, 0.3) is 0 Å². The molecule has 0 saturated heterocycles. The molecule has 0 heterocycles.